The maximum Gasteiger partial charge on any atom is 0.416 e. The topological polar surface area (TPSA) is 26.0 Å². The third kappa shape index (κ3) is 2.46. The first-order valence-electron chi connectivity index (χ1n) is 5.78. The quantitative estimate of drug-likeness (QED) is 0.800. The Morgan fingerprint density at radius 3 is 2.24 bits per heavy atom. The highest BCUT2D eigenvalue weighted by atomic mass is 19.4. The summed E-state index contributed by atoms with van der Waals surface area (Å²) < 4.78 is 37.3. The molecule has 2 atom stereocenters. The van der Waals surface area contributed by atoms with Crippen LogP contribution in [0.1, 0.15) is 37.3 Å². The first-order chi connectivity index (χ1) is 7.81. The Morgan fingerprint density at radius 1 is 1.24 bits per heavy atom. The molecule has 0 bridgehead atoms. The molecule has 0 heterocycles. The van der Waals surface area contributed by atoms with Gasteiger partial charge in [-0.3, -0.25) is 0 Å². The van der Waals surface area contributed by atoms with E-state index in [-0.39, 0.29) is 0 Å². The Bertz CT molecular complexity index is 396. The second-order valence-electron chi connectivity index (χ2n) is 5.08. The van der Waals surface area contributed by atoms with Crippen molar-refractivity contribution in [2.75, 3.05) is 0 Å². The SMILES string of the molecule is CC1CCC(N)(c2ccc(C(F)(F)F)cc2)C1. The van der Waals surface area contributed by atoms with Crippen LogP contribution in [0.15, 0.2) is 24.3 Å². The number of hydrogen-bond acceptors (Lipinski definition) is 1. The monoisotopic (exact) mass is 243 g/mol. The van der Waals surface area contributed by atoms with Gasteiger partial charge in [-0.25, -0.2) is 0 Å². The summed E-state index contributed by atoms with van der Waals surface area (Å²) in [5.74, 6) is 0.544. The normalized spacial score (nSPS) is 29.6. The fourth-order valence-electron chi connectivity index (χ4n) is 2.58. The van der Waals surface area contributed by atoms with Gasteiger partial charge in [0.15, 0.2) is 0 Å². The third-order valence-electron chi connectivity index (χ3n) is 3.58. The van der Waals surface area contributed by atoms with E-state index in [0.29, 0.717) is 5.92 Å². The molecular formula is C13H16F3N. The van der Waals surface area contributed by atoms with Crippen LogP contribution in [0.3, 0.4) is 0 Å². The Kier molecular flexibility index (Phi) is 2.94. The van der Waals surface area contributed by atoms with E-state index in [1.54, 1.807) is 0 Å². The molecule has 0 amide bonds. The van der Waals surface area contributed by atoms with Crippen molar-refractivity contribution < 1.29 is 13.2 Å². The molecule has 2 unspecified atom stereocenters. The van der Waals surface area contributed by atoms with Gasteiger partial charge in [0.05, 0.1) is 5.56 Å². The van der Waals surface area contributed by atoms with E-state index in [1.807, 2.05) is 0 Å². The van der Waals surface area contributed by atoms with Gasteiger partial charge in [0.2, 0.25) is 0 Å². The average molecular weight is 243 g/mol. The van der Waals surface area contributed by atoms with Crippen molar-refractivity contribution in [3.05, 3.63) is 35.4 Å². The minimum absolute atomic E-state index is 0.441. The van der Waals surface area contributed by atoms with Crippen molar-refractivity contribution in [1.29, 1.82) is 0 Å². The van der Waals surface area contributed by atoms with Crippen molar-refractivity contribution >= 4 is 0 Å². The maximum atomic E-state index is 12.4. The van der Waals surface area contributed by atoms with E-state index in [9.17, 15) is 13.2 Å². The number of benzene rings is 1. The molecule has 1 saturated carbocycles. The molecule has 1 fully saturated rings. The van der Waals surface area contributed by atoms with Crippen LogP contribution in [0.4, 0.5) is 13.2 Å². The van der Waals surface area contributed by atoms with Crippen molar-refractivity contribution in [2.45, 2.75) is 37.9 Å². The lowest BCUT2D eigenvalue weighted by atomic mass is 9.88. The summed E-state index contributed by atoms with van der Waals surface area (Å²) in [6.45, 7) is 2.12. The molecule has 1 aromatic carbocycles. The lowest BCUT2D eigenvalue weighted by molar-refractivity contribution is -0.137. The number of alkyl halides is 3. The largest absolute Gasteiger partial charge is 0.416 e. The van der Waals surface area contributed by atoms with Gasteiger partial charge >= 0.3 is 6.18 Å². The van der Waals surface area contributed by atoms with Gasteiger partial charge in [-0.1, -0.05) is 19.1 Å². The molecule has 94 valence electrons. The Hall–Kier alpha value is -1.03. The highest BCUT2D eigenvalue weighted by Gasteiger charge is 2.36. The Balaban J connectivity index is 2.24. The predicted octanol–water partition coefficient (Wildman–Crippen LogP) is 3.68. The van der Waals surface area contributed by atoms with Crippen LogP contribution in [0.2, 0.25) is 0 Å². The van der Waals surface area contributed by atoms with Crippen LogP contribution >= 0.6 is 0 Å². The molecule has 17 heavy (non-hydrogen) atoms. The van der Waals surface area contributed by atoms with Crippen LogP contribution < -0.4 is 5.73 Å². The molecule has 1 aromatic rings. The molecule has 2 N–H and O–H groups in total. The molecule has 4 heteroatoms. The van der Waals surface area contributed by atoms with Crippen molar-refractivity contribution in [3.8, 4) is 0 Å². The maximum absolute atomic E-state index is 12.4. The average Bonchev–Trinajstić information content (AvgIpc) is 2.59. The van der Waals surface area contributed by atoms with Crippen molar-refractivity contribution in [2.24, 2.45) is 11.7 Å². The van der Waals surface area contributed by atoms with E-state index < -0.39 is 17.3 Å². The van der Waals surface area contributed by atoms with Crippen LogP contribution in [0.25, 0.3) is 0 Å². The summed E-state index contributed by atoms with van der Waals surface area (Å²) in [6, 6.07) is 5.27. The van der Waals surface area contributed by atoms with E-state index >= 15 is 0 Å². The predicted molar refractivity (Wildman–Crippen MR) is 60.3 cm³/mol. The van der Waals surface area contributed by atoms with Crippen LogP contribution in [-0.2, 0) is 11.7 Å². The van der Waals surface area contributed by atoms with Crippen molar-refractivity contribution in [1.82, 2.24) is 0 Å². The van der Waals surface area contributed by atoms with E-state index in [0.717, 1.165) is 37.0 Å². The number of rotatable bonds is 1. The van der Waals surface area contributed by atoms with Gasteiger partial charge in [0, 0.05) is 5.54 Å². The van der Waals surface area contributed by atoms with Gasteiger partial charge in [0.1, 0.15) is 0 Å². The summed E-state index contributed by atoms with van der Waals surface area (Å²) in [5.41, 5.74) is 6.01. The zero-order chi connectivity index (χ0) is 12.7. The number of hydrogen-bond donors (Lipinski definition) is 1. The Labute approximate surface area is 98.8 Å². The van der Waals surface area contributed by atoms with Gasteiger partial charge in [-0.2, -0.15) is 13.2 Å². The van der Waals surface area contributed by atoms with Crippen molar-refractivity contribution in [3.63, 3.8) is 0 Å². The molecule has 0 aromatic heterocycles. The fourth-order valence-corrected chi connectivity index (χ4v) is 2.58. The van der Waals surface area contributed by atoms with E-state index in [2.05, 4.69) is 6.92 Å². The van der Waals surface area contributed by atoms with Gasteiger partial charge < -0.3 is 5.73 Å². The minimum atomic E-state index is -4.27. The molecule has 0 saturated heterocycles. The smallest absolute Gasteiger partial charge is 0.321 e. The zero-order valence-electron chi connectivity index (χ0n) is 9.72. The minimum Gasteiger partial charge on any atom is -0.321 e. The molecule has 2 rings (SSSR count). The van der Waals surface area contributed by atoms with E-state index in [1.165, 1.54) is 12.1 Å². The standard InChI is InChI=1S/C13H16F3N/c1-9-6-7-12(17,8-9)10-2-4-11(5-3-10)13(14,15)16/h2-5,9H,6-8,17H2,1H3. The second-order valence-corrected chi connectivity index (χ2v) is 5.08. The second kappa shape index (κ2) is 4.02. The number of nitrogens with two attached hydrogens (primary N) is 1. The van der Waals surface area contributed by atoms with Crippen LogP contribution in [-0.4, -0.2) is 0 Å². The lowest BCUT2D eigenvalue weighted by Crippen LogP contribution is -2.33. The molecule has 1 aliphatic rings. The number of halogens is 3. The van der Waals surface area contributed by atoms with Gasteiger partial charge in [-0.15, -0.1) is 0 Å². The summed E-state index contributed by atoms with van der Waals surface area (Å²) in [6.07, 6.45) is -1.54. The fraction of sp³-hybridized carbons (Fsp3) is 0.538. The van der Waals surface area contributed by atoms with Crippen LogP contribution in [0, 0.1) is 5.92 Å². The summed E-state index contributed by atoms with van der Waals surface area (Å²) >= 11 is 0. The first kappa shape index (κ1) is 12.4. The van der Waals surface area contributed by atoms with Gasteiger partial charge in [0.25, 0.3) is 0 Å². The molecule has 0 spiro atoms. The first-order valence-corrected chi connectivity index (χ1v) is 5.78. The third-order valence-corrected chi connectivity index (χ3v) is 3.58. The molecule has 1 nitrogen and oxygen atoms in total. The van der Waals surface area contributed by atoms with Gasteiger partial charge in [-0.05, 0) is 42.9 Å². The zero-order valence-corrected chi connectivity index (χ0v) is 9.72. The summed E-state index contributed by atoms with van der Waals surface area (Å²) in [4.78, 5) is 0. The van der Waals surface area contributed by atoms with E-state index in [4.69, 9.17) is 5.73 Å². The highest BCUT2D eigenvalue weighted by molar-refractivity contribution is 5.30. The molecular weight excluding hydrogens is 227 g/mol. The Morgan fingerprint density at radius 2 is 1.82 bits per heavy atom. The molecule has 0 radical (unpaired) electrons. The summed E-state index contributed by atoms with van der Waals surface area (Å²) in [7, 11) is 0. The highest BCUT2D eigenvalue weighted by Crippen LogP contribution is 2.40. The molecule has 0 aliphatic heterocycles. The molecule has 1 aliphatic carbocycles. The lowest BCUT2D eigenvalue weighted by Gasteiger charge is -2.25. The summed E-state index contributed by atoms with van der Waals surface area (Å²) in [5, 5.41) is 0. The van der Waals surface area contributed by atoms with Crippen LogP contribution in [0.5, 0.6) is 0 Å².